The van der Waals surface area contributed by atoms with Crippen LogP contribution in [0.15, 0.2) is 42.5 Å². The largest absolute Gasteiger partial charge is 0.373 e. The summed E-state index contributed by atoms with van der Waals surface area (Å²) < 4.78 is 6.10. The summed E-state index contributed by atoms with van der Waals surface area (Å²) in [5.41, 5.74) is 1.26. The molecule has 1 aliphatic rings. The number of rotatable bonds is 4. The fourth-order valence-electron chi connectivity index (χ4n) is 3.39. The summed E-state index contributed by atoms with van der Waals surface area (Å²) in [5, 5.41) is 6.28. The quantitative estimate of drug-likeness (QED) is 0.903. The van der Waals surface area contributed by atoms with E-state index in [9.17, 15) is 0 Å². The van der Waals surface area contributed by atoms with Gasteiger partial charge < -0.3 is 10.1 Å². The van der Waals surface area contributed by atoms with Gasteiger partial charge in [-0.05, 0) is 42.6 Å². The Labute approximate surface area is 121 Å². The zero-order valence-corrected chi connectivity index (χ0v) is 12.4. The summed E-state index contributed by atoms with van der Waals surface area (Å²) in [7, 11) is 0. The van der Waals surface area contributed by atoms with E-state index >= 15 is 0 Å². The van der Waals surface area contributed by atoms with Crippen LogP contribution < -0.4 is 5.32 Å². The maximum absolute atomic E-state index is 6.10. The van der Waals surface area contributed by atoms with E-state index < -0.39 is 0 Å². The standard InChI is InChI=1S/C18H23NO/c1-3-19-17(18(2)12-7-13-20-18)16-11-6-9-14-8-4-5-10-15(14)16/h4-6,8-11,17,19H,3,7,12-13H2,1-2H3. The molecule has 2 aromatic carbocycles. The van der Waals surface area contributed by atoms with Crippen molar-refractivity contribution in [1.82, 2.24) is 5.32 Å². The second kappa shape index (κ2) is 5.55. The average Bonchev–Trinajstić information content (AvgIpc) is 2.92. The van der Waals surface area contributed by atoms with Crippen LogP contribution in [-0.2, 0) is 4.74 Å². The van der Waals surface area contributed by atoms with Crippen molar-refractivity contribution in [3.05, 3.63) is 48.0 Å². The fourth-order valence-corrected chi connectivity index (χ4v) is 3.39. The molecule has 2 heteroatoms. The summed E-state index contributed by atoms with van der Waals surface area (Å²) in [6, 6.07) is 15.4. The Morgan fingerprint density at radius 1 is 1.20 bits per heavy atom. The van der Waals surface area contributed by atoms with Crippen LogP contribution >= 0.6 is 0 Å². The normalized spacial score (nSPS) is 24.1. The van der Waals surface area contributed by atoms with Gasteiger partial charge in [-0.15, -0.1) is 0 Å². The molecule has 1 saturated heterocycles. The third-order valence-corrected chi connectivity index (χ3v) is 4.40. The van der Waals surface area contributed by atoms with E-state index in [1.807, 2.05) is 0 Å². The van der Waals surface area contributed by atoms with Gasteiger partial charge in [-0.3, -0.25) is 0 Å². The first-order chi connectivity index (χ1) is 9.74. The molecule has 106 valence electrons. The molecule has 1 N–H and O–H groups in total. The summed E-state index contributed by atoms with van der Waals surface area (Å²) in [5.74, 6) is 0. The van der Waals surface area contributed by atoms with Gasteiger partial charge in [0.1, 0.15) is 0 Å². The number of fused-ring (bicyclic) bond motifs is 1. The summed E-state index contributed by atoms with van der Waals surface area (Å²) >= 11 is 0. The molecule has 2 aromatic rings. The molecule has 0 spiro atoms. The zero-order valence-electron chi connectivity index (χ0n) is 12.4. The Balaban J connectivity index is 2.09. The minimum atomic E-state index is -0.0971. The number of hydrogen-bond donors (Lipinski definition) is 1. The van der Waals surface area contributed by atoms with Crippen LogP contribution in [0.4, 0.5) is 0 Å². The Morgan fingerprint density at radius 2 is 2.00 bits per heavy atom. The van der Waals surface area contributed by atoms with E-state index in [1.54, 1.807) is 0 Å². The average molecular weight is 269 g/mol. The predicted molar refractivity (Wildman–Crippen MR) is 84.0 cm³/mol. The third kappa shape index (κ3) is 2.34. The molecule has 1 aliphatic heterocycles. The molecule has 2 atom stereocenters. The van der Waals surface area contributed by atoms with Crippen molar-refractivity contribution in [2.45, 2.75) is 38.3 Å². The van der Waals surface area contributed by atoms with Crippen molar-refractivity contribution in [3.63, 3.8) is 0 Å². The molecule has 1 fully saturated rings. The molecule has 2 unspecified atom stereocenters. The lowest BCUT2D eigenvalue weighted by Crippen LogP contribution is -2.41. The smallest absolute Gasteiger partial charge is 0.0849 e. The lowest BCUT2D eigenvalue weighted by molar-refractivity contribution is -0.0117. The van der Waals surface area contributed by atoms with Gasteiger partial charge in [0.05, 0.1) is 11.6 Å². The molecule has 0 aromatic heterocycles. The van der Waals surface area contributed by atoms with Gasteiger partial charge >= 0.3 is 0 Å². The molecular formula is C18H23NO. The van der Waals surface area contributed by atoms with Gasteiger partial charge in [-0.2, -0.15) is 0 Å². The highest BCUT2D eigenvalue weighted by Crippen LogP contribution is 2.39. The fraction of sp³-hybridized carbons (Fsp3) is 0.444. The van der Waals surface area contributed by atoms with E-state index in [1.165, 1.54) is 16.3 Å². The highest BCUT2D eigenvalue weighted by atomic mass is 16.5. The van der Waals surface area contributed by atoms with Crippen molar-refractivity contribution in [2.75, 3.05) is 13.2 Å². The number of benzene rings is 2. The summed E-state index contributed by atoms with van der Waals surface area (Å²) in [6.45, 7) is 6.24. The van der Waals surface area contributed by atoms with Gasteiger partial charge in [0.15, 0.2) is 0 Å². The molecular weight excluding hydrogens is 246 g/mol. The number of ether oxygens (including phenoxy) is 1. The van der Waals surface area contributed by atoms with E-state index in [2.05, 4.69) is 61.6 Å². The number of hydrogen-bond acceptors (Lipinski definition) is 2. The Bertz CT molecular complexity index is 581. The zero-order chi connectivity index (χ0) is 14.0. The maximum Gasteiger partial charge on any atom is 0.0849 e. The van der Waals surface area contributed by atoms with Gasteiger partial charge in [0.25, 0.3) is 0 Å². The van der Waals surface area contributed by atoms with Gasteiger partial charge in [-0.25, -0.2) is 0 Å². The molecule has 0 saturated carbocycles. The first kappa shape index (κ1) is 13.6. The van der Waals surface area contributed by atoms with Crippen LogP contribution in [0.3, 0.4) is 0 Å². The van der Waals surface area contributed by atoms with Crippen molar-refractivity contribution < 1.29 is 4.74 Å². The highest BCUT2D eigenvalue weighted by Gasteiger charge is 2.39. The van der Waals surface area contributed by atoms with Crippen LogP contribution in [0.2, 0.25) is 0 Å². The molecule has 0 bridgehead atoms. The summed E-state index contributed by atoms with van der Waals surface area (Å²) in [6.07, 6.45) is 2.27. The summed E-state index contributed by atoms with van der Waals surface area (Å²) in [4.78, 5) is 0. The van der Waals surface area contributed by atoms with Crippen LogP contribution in [0.25, 0.3) is 10.8 Å². The minimum Gasteiger partial charge on any atom is -0.373 e. The van der Waals surface area contributed by atoms with Gasteiger partial charge in [0, 0.05) is 6.61 Å². The Kier molecular flexibility index (Phi) is 3.77. The van der Waals surface area contributed by atoms with Crippen molar-refractivity contribution in [2.24, 2.45) is 0 Å². The molecule has 0 radical (unpaired) electrons. The molecule has 0 aliphatic carbocycles. The molecule has 1 heterocycles. The van der Waals surface area contributed by atoms with Crippen LogP contribution in [-0.4, -0.2) is 18.8 Å². The Hall–Kier alpha value is -1.38. The van der Waals surface area contributed by atoms with Crippen LogP contribution in [0, 0.1) is 0 Å². The first-order valence-electron chi connectivity index (χ1n) is 7.59. The lowest BCUT2D eigenvalue weighted by atomic mass is 9.85. The molecule has 3 rings (SSSR count). The molecule has 20 heavy (non-hydrogen) atoms. The predicted octanol–water partition coefficient (Wildman–Crippen LogP) is 4.06. The van der Waals surface area contributed by atoms with Crippen molar-refractivity contribution >= 4 is 10.8 Å². The lowest BCUT2D eigenvalue weighted by Gasteiger charge is -2.35. The van der Waals surface area contributed by atoms with Gasteiger partial charge in [-0.1, -0.05) is 49.4 Å². The number of likely N-dealkylation sites (N-methyl/N-ethyl adjacent to an activating group) is 1. The minimum absolute atomic E-state index is 0.0971. The topological polar surface area (TPSA) is 21.3 Å². The third-order valence-electron chi connectivity index (χ3n) is 4.40. The maximum atomic E-state index is 6.10. The first-order valence-corrected chi connectivity index (χ1v) is 7.59. The second-order valence-corrected chi connectivity index (χ2v) is 5.82. The molecule has 0 amide bonds. The van der Waals surface area contributed by atoms with E-state index in [0.29, 0.717) is 0 Å². The number of nitrogens with one attached hydrogen (secondary N) is 1. The Morgan fingerprint density at radius 3 is 2.75 bits per heavy atom. The van der Waals surface area contributed by atoms with E-state index in [-0.39, 0.29) is 11.6 Å². The van der Waals surface area contributed by atoms with Crippen LogP contribution in [0.5, 0.6) is 0 Å². The van der Waals surface area contributed by atoms with Crippen molar-refractivity contribution in [3.8, 4) is 0 Å². The van der Waals surface area contributed by atoms with E-state index in [4.69, 9.17) is 4.74 Å². The monoisotopic (exact) mass is 269 g/mol. The SMILES string of the molecule is CCNC(c1cccc2ccccc12)C1(C)CCCO1. The van der Waals surface area contributed by atoms with Gasteiger partial charge in [0.2, 0.25) is 0 Å². The second-order valence-electron chi connectivity index (χ2n) is 5.82. The van der Waals surface area contributed by atoms with Crippen molar-refractivity contribution in [1.29, 1.82) is 0 Å². The van der Waals surface area contributed by atoms with Crippen LogP contribution in [0.1, 0.15) is 38.3 Å². The molecule has 2 nitrogen and oxygen atoms in total. The highest BCUT2D eigenvalue weighted by molar-refractivity contribution is 5.86. The van der Waals surface area contributed by atoms with E-state index in [0.717, 1.165) is 26.0 Å².